The largest absolute Gasteiger partial charge is 0.329 e. The molecule has 7 nitrogen and oxygen atoms in total. The fraction of sp³-hybridized carbons (Fsp3) is 0.308. The van der Waals surface area contributed by atoms with Crippen LogP contribution in [0.3, 0.4) is 0 Å². The van der Waals surface area contributed by atoms with Crippen molar-refractivity contribution in [3.63, 3.8) is 0 Å². The average Bonchev–Trinajstić information content (AvgIpc) is 2.93. The number of nitrogens with zero attached hydrogens (tertiary/aromatic N) is 4. The van der Waals surface area contributed by atoms with Gasteiger partial charge in [0, 0.05) is 18.7 Å². The van der Waals surface area contributed by atoms with E-state index in [1.54, 1.807) is 17.3 Å². The van der Waals surface area contributed by atoms with Crippen LogP contribution in [-0.2, 0) is 13.1 Å². The van der Waals surface area contributed by atoms with Crippen LogP contribution in [0.1, 0.15) is 21.7 Å². The first-order valence-corrected chi connectivity index (χ1v) is 6.42. The lowest BCUT2D eigenvalue weighted by atomic mass is 10.1. The lowest BCUT2D eigenvalue weighted by Crippen LogP contribution is -2.38. The van der Waals surface area contributed by atoms with E-state index in [-0.39, 0.29) is 5.91 Å². The van der Waals surface area contributed by atoms with Gasteiger partial charge in [-0.05, 0) is 30.7 Å². The summed E-state index contributed by atoms with van der Waals surface area (Å²) in [4.78, 5) is 14.3. The summed E-state index contributed by atoms with van der Waals surface area (Å²) >= 11 is 0. The minimum Gasteiger partial charge on any atom is -0.329 e. The van der Waals surface area contributed by atoms with Crippen LogP contribution in [-0.4, -0.2) is 32.1 Å². The molecule has 0 radical (unpaired) electrons. The second-order valence-electron chi connectivity index (χ2n) is 4.84. The lowest BCUT2D eigenvalue weighted by molar-refractivity contribution is 0.0707. The molecular formula is C13H16N6O. The van der Waals surface area contributed by atoms with Crippen molar-refractivity contribution in [2.24, 2.45) is 5.84 Å². The van der Waals surface area contributed by atoms with Gasteiger partial charge >= 0.3 is 0 Å². The quantitative estimate of drug-likeness (QED) is 0.615. The van der Waals surface area contributed by atoms with Crippen LogP contribution < -0.4 is 11.3 Å². The molecule has 0 aliphatic carbocycles. The van der Waals surface area contributed by atoms with Crippen molar-refractivity contribution in [1.29, 1.82) is 0 Å². The summed E-state index contributed by atoms with van der Waals surface area (Å²) in [5, 5.41) is 7.88. The zero-order chi connectivity index (χ0) is 14.1. The molecule has 3 rings (SSSR count). The molecule has 1 aliphatic heterocycles. The second kappa shape index (κ2) is 4.93. The van der Waals surface area contributed by atoms with E-state index in [4.69, 9.17) is 5.84 Å². The van der Waals surface area contributed by atoms with E-state index in [9.17, 15) is 4.79 Å². The number of amides is 1. The third kappa shape index (κ3) is 2.12. The van der Waals surface area contributed by atoms with Crippen LogP contribution in [0.5, 0.6) is 0 Å². The van der Waals surface area contributed by atoms with E-state index in [0.29, 0.717) is 18.7 Å². The number of hydrogen-bond acceptors (Lipinski definition) is 5. The second-order valence-corrected chi connectivity index (χ2v) is 4.84. The molecule has 0 spiro atoms. The minimum absolute atomic E-state index is 0.00548. The van der Waals surface area contributed by atoms with Gasteiger partial charge in [-0.2, -0.15) is 0 Å². The number of benzene rings is 1. The van der Waals surface area contributed by atoms with Gasteiger partial charge in [0.1, 0.15) is 6.33 Å². The van der Waals surface area contributed by atoms with Crippen LogP contribution in [0.2, 0.25) is 0 Å². The minimum atomic E-state index is 0.00548. The molecule has 0 saturated heterocycles. The number of nitrogens with two attached hydrogens (primary N) is 1. The first-order valence-electron chi connectivity index (χ1n) is 6.42. The van der Waals surface area contributed by atoms with Crippen LogP contribution in [0.4, 0.5) is 5.69 Å². The van der Waals surface area contributed by atoms with Gasteiger partial charge in [-0.1, -0.05) is 0 Å². The molecule has 2 heterocycles. The zero-order valence-electron chi connectivity index (χ0n) is 11.2. The summed E-state index contributed by atoms with van der Waals surface area (Å²) in [5.41, 5.74) is 5.03. The maximum absolute atomic E-state index is 12.5. The Balaban J connectivity index is 1.81. The Kier molecular flexibility index (Phi) is 3.11. The van der Waals surface area contributed by atoms with Gasteiger partial charge in [-0.15, -0.1) is 10.2 Å². The lowest BCUT2D eigenvalue weighted by Gasteiger charge is -2.27. The van der Waals surface area contributed by atoms with E-state index in [2.05, 4.69) is 15.6 Å². The average molecular weight is 272 g/mol. The standard InChI is InChI=1S/C13H16N6O/c1-9-6-10(2-3-11(9)16-14)13(20)18-4-5-19-8-15-17-12(19)7-18/h2-3,6,8,16H,4-5,7,14H2,1H3. The van der Waals surface area contributed by atoms with Gasteiger partial charge in [0.15, 0.2) is 5.82 Å². The number of hydrogen-bond donors (Lipinski definition) is 2. The van der Waals surface area contributed by atoms with Gasteiger partial charge in [-0.3, -0.25) is 10.6 Å². The summed E-state index contributed by atoms with van der Waals surface area (Å²) in [6.07, 6.45) is 1.70. The van der Waals surface area contributed by atoms with Gasteiger partial charge in [-0.25, -0.2) is 0 Å². The van der Waals surface area contributed by atoms with Gasteiger partial charge in [0.25, 0.3) is 5.91 Å². The number of carbonyl (C=O) groups is 1. The van der Waals surface area contributed by atoms with Crippen LogP contribution in [0.25, 0.3) is 0 Å². The number of aryl methyl sites for hydroxylation is 1. The number of nitrogens with one attached hydrogen (secondary N) is 1. The van der Waals surface area contributed by atoms with Crippen molar-refractivity contribution in [3.8, 4) is 0 Å². The van der Waals surface area contributed by atoms with E-state index >= 15 is 0 Å². The van der Waals surface area contributed by atoms with Crippen molar-refractivity contribution in [2.45, 2.75) is 20.0 Å². The van der Waals surface area contributed by atoms with Crippen LogP contribution >= 0.6 is 0 Å². The van der Waals surface area contributed by atoms with Gasteiger partial charge in [0.05, 0.1) is 12.2 Å². The SMILES string of the molecule is Cc1cc(C(=O)N2CCn3cnnc3C2)ccc1NN. The zero-order valence-corrected chi connectivity index (χ0v) is 11.2. The molecule has 1 amide bonds. The summed E-state index contributed by atoms with van der Waals surface area (Å²) in [6.45, 7) is 3.81. The summed E-state index contributed by atoms with van der Waals surface area (Å²) in [7, 11) is 0. The molecular weight excluding hydrogens is 256 g/mol. The number of fused-ring (bicyclic) bond motifs is 1. The van der Waals surface area contributed by atoms with Crippen molar-refractivity contribution in [2.75, 3.05) is 12.0 Å². The van der Waals surface area contributed by atoms with E-state index in [0.717, 1.165) is 23.6 Å². The topological polar surface area (TPSA) is 89.1 Å². The number of hydrazine groups is 1. The van der Waals surface area contributed by atoms with E-state index in [1.165, 1.54) is 0 Å². The number of carbonyl (C=O) groups excluding carboxylic acids is 1. The highest BCUT2D eigenvalue weighted by molar-refractivity contribution is 5.95. The summed E-state index contributed by atoms with van der Waals surface area (Å²) in [5.74, 6) is 6.22. The van der Waals surface area contributed by atoms with E-state index in [1.807, 2.05) is 23.6 Å². The third-order valence-corrected chi connectivity index (χ3v) is 3.55. The maximum Gasteiger partial charge on any atom is 0.254 e. The smallest absolute Gasteiger partial charge is 0.254 e. The number of nitrogen functional groups attached to an aromatic ring is 1. The molecule has 7 heteroatoms. The Labute approximate surface area is 116 Å². The highest BCUT2D eigenvalue weighted by atomic mass is 16.2. The van der Waals surface area contributed by atoms with Crippen molar-refractivity contribution < 1.29 is 4.79 Å². The molecule has 0 unspecified atom stereocenters. The molecule has 0 bridgehead atoms. The molecule has 0 saturated carbocycles. The third-order valence-electron chi connectivity index (χ3n) is 3.55. The molecule has 1 aromatic heterocycles. The van der Waals surface area contributed by atoms with Crippen molar-refractivity contribution in [3.05, 3.63) is 41.5 Å². The number of aromatic nitrogens is 3. The predicted octanol–water partition coefficient (Wildman–Crippen LogP) is 0.528. The molecule has 0 fully saturated rings. The number of rotatable bonds is 2. The predicted molar refractivity (Wildman–Crippen MR) is 73.8 cm³/mol. The molecule has 3 N–H and O–H groups in total. The Bertz CT molecular complexity index is 650. The maximum atomic E-state index is 12.5. The molecule has 104 valence electrons. The summed E-state index contributed by atoms with van der Waals surface area (Å²) in [6, 6.07) is 5.44. The van der Waals surface area contributed by atoms with Crippen LogP contribution in [0, 0.1) is 6.92 Å². The molecule has 1 aliphatic rings. The highest BCUT2D eigenvalue weighted by Gasteiger charge is 2.23. The van der Waals surface area contributed by atoms with Gasteiger partial charge in [0.2, 0.25) is 0 Å². The highest BCUT2D eigenvalue weighted by Crippen LogP contribution is 2.18. The van der Waals surface area contributed by atoms with E-state index < -0.39 is 0 Å². The first-order chi connectivity index (χ1) is 9.69. The monoisotopic (exact) mass is 272 g/mol. The molecule has 2 aromatic rings. The number of anilines is 1. The summed E-state index contributed by atoms with van der Waals surface area (Å²) < 4.78 is 1.97. The first kappa shape index (κ1) is 12.6. The molecule has 20 heavy (non-hydrogen) atoms. The normalized spacial score (nSPS) is 14.0. The Morgan fingerprint density at radius 3 is 3.00 bits per heavy atom. The Morgan fingerprint density at radius 1 is 1.40 bits per heavy atom. The van der Waals surface area contributed by atoms with Crippen molar-refractivity contribution >= 4 is 11.6 Å². The Morgan fingerprint density at radius 2 is 2.25 bits per heavy atom. The molecule has 1 aromatic carbocycles. The fourth-order valence-corrected chi connectivity index (χ4v) is 2.38. The fourth-order valence-electron chi connectivity index (χ4n) is 2.38. The van der Waals surface area contributed by atoms with Gasteiger partial charge < -0.3 is 14.9 Å². The Hall–Kier alpha value is -2.41. The van der Waals surface area contributed by atoms with Crippen molar-refractivity contribution in [1.82, 2.24) is 19.7 Å². The molecule has 0 atom stereocenters. The van der Waals surface area contributed by atoms with Crippen LogP contribution in [0.15, 0.2) is 24.5 Å².